The molecule has 0 saturated heterocycles. The average Bonchev–Trinajstić information content (AvgIpc) is 1.20. The summed E-state index contributed by atoms with van der Waals surface area (Å²) in [6, 6.07) is 0. The van der Waals surface area contributed by atoms with E-state index in [1.807, 2.05) is 0 Å². The van der Waals surface area contributed by atoms with Crippen LogP contribution in [0.1, 0.15) is 407 Å². The van der Waals surface area contributed by atoms with E-state index in [2.05, 4.69) is 34.6 Å². The van der Waals surface area contributed by atoms with Crippen LogP contribution in [-0.2, 0) is 65.4 Å². The molecule has 2 unspecified atom stereocenters. The van der Waals surface area contributed by atoms with Crippen molar-refractivity contribution >= 4 is 39.5 Å². The van der Waals surface area contributed by atoms with Crippen LogP contribution in [0.3, 0.4) is 0 Å². The Bertz CT molecular complexity index is 1840. The van der Waals surface area contributed by atoms with Crippen LogP contribution in [0.25, 0.3) is 0 Å². The molecule has 0 aliphatic rings. The summed E-state index contributed by atoms with van der Waals surface area (Å²) in [6.45, 7) is 7.30. The molecule has 0 aromatic carbocycles. The van der Waals surface area contributed by atoms with E-state index in [0.29, 0.717) is 25.7 Å². The van der Waals surface area contributed by atoms with E-state index < -0.39 is 97.5 Å². The smallest absolute Gasteiger partial charge is 0.462 e. The van der Waals surface area contributed by atoms with Gasteiger partial charge in [0.05, 0.1) is 26.4 Å². The maximum atomic E-state index is 13.1. The first-order chi connectivity index (χ1) is 46.5. The predicted molar refractivity (Wildman–Crippen MR) is 391 cm³/mol. The Morgan fingerprint density at radius 2 is 0.479 bits per heavy atom. The number of aliphatic hydroxyl groups excluding tert-OH is 1. The largest absolute Gasteiger partial charge is 0.472 e. The first kappa shape index (κ1) is 94.1. The van der Waals surface area contributed by atoms with E-state index >= 15 is 0 Å². The van der Waals surface area contributed by atoms with E-state index in [1.165, 1.54) is 231 Å². The summed E-state index contributed by atoms with van der Waals surface area (Å²) in [5.74, 6) is -1.33. The summed E-state index contributed by atoms with van der Waals surface area (Å²) in [5, 5.41) is 10.6. The molecule has 0 aliphatic carbocycles. The fraction of sp³-hybridized carbons (Fsp3) is 0.948. The Morgan fingerprint density at radius 3 is 0.708 bits per heavy atom. The Morgan fingerprint density at radius 1 is 0.281 bits per heavy atom. The van der Waals surface area contributed by atoms with Gasteiger partial charge in [0.1, 0.15) is 19.3 Å². The number of ether oxygens (including phenoxy) is 4. The second-order valence-electron chi connectivity index (χ2n) is 28.2. The van der Waals surface area contributed by atoms with Gasteiger partial charge < -0.3 is 33.8 Å². The number of hydrogen-bond acceptors (Lipinski definition) is 15. The fourth-order valence-corrected chi connectivity index (χ4v) is 13.5. The highest BCUT2D eigenvalue weighted by Gasteiger charge is 2.30. The molecule has 0 heterocycles. The molecule has 0 saturated carbocycles. The average molecular weight is 1410 g/mol. The highest BCUT2D eigenvalue weighted by molar-refractivity contribution is 7.47. The molecule has 0 aromatic rings. The molecule has 0 bridgehead atoms. The molecule has 17 nitrogen and oxygen atoms in total. The summed E-state index contributed by atoms with van der Waals surface area (Å²) >= 11 is 0. The van der Waals surface area contributed by atoms with Gasteiger partial charge in [0.15, 0.2) is 12.2 Å². The third kappa shape index (κ3) is 70.5. The topological polar surface area (TPSA) is 237 Å². The van der Waals surface area contributed by atoms with E-state index in [4.69, 9.17) is 37.0 Å². The lowest BCUT2D eigenvalue weighted by atomic mass is 10.0. The van der Waals surface area contributed by atoms with Crippen LogP contribution in [-0.4, -0.2) is 96.7 Å². The van der Waals surface area contributed by atoms with Gasteiger partial charge in [-0.15, -0.1) is 0 Å². The number of aliphatic hydroxyl groups is 1. The molecule has 0 rings (SSSR count). The normalized spacial score (nSPS) is 13.9. The van der Waals surface area contributed by atoms with Gasteiger partial charge in [0.2, 0.25) is 0 Å². The molecule has 19 heteroatoms. The third-order valence-corrected chi connectivity index (χ3v) is 19.9. The number of carbonyl (C=O) groups is 4. The van der Waals surface area contributed by atoms with Crippen LogP contribution in [0.5, 0.6) is 0 Å². The first-order valence-corrected chi connectivity index (χ1v) is 43.1. The van der Waals surface area contributed by atoms with Crippen LogP contribution >= 0.6 is 15.6 Å². The zero-order chi connectivity index (χ0) is 70.5. The predicted octanol–water partition coefficient (Wildman–Crippen LogP) is 22.9. The molecule has 5 atom stereocenters. The van der Waals surface area contributed by atoms with Crippen molar-refractivity contribution in [2.24, 2.45) is 5.92 Å². The summed E-state index contributed by atoms with van der Waals surface area (Å²) in [5.41, 5.74) is 0. The van der Waals surface area contributed by atoms with E-state index in [9.17, 15) is 43.2 Å². The number of phosphoric acid groups is 2. The molecule has 0 spiro atoms. The van der Waals surface area contributed by atoms with Gasteiger partial charge in [-0.1, -0.05) is 356 Å². The molecule has 0 radical (unpaired) electrons. The number of unbranched alkanes of at least 4 members (excludes halogenated alkanes) is 49. The van der Waals surface area contributed by atoms with Gasteiger partial charge in [-0.25, -0.2) is 9.13 Å². The number of phosphoric ester groups is 2. The van der Waals surface area contributed by atoms with Crippen molar-refractivity contribution in [2.75, 3.05) is 39.6 Å². The van der Waals surface area contributed by atoms with Gasteiger partial charge in [0, 0.05) is 25.7 Å². The minimum atomic E-state index is -4.96. The lowest BCUT2D eigenvalue weighted by Gasteiger charge is -2.21. The highest BCUT2D eigenvalue weighted by atomic mass is 31.2. The fourth-order valence-electron chi connectivity index (χ4n) is 11.9. The molecule has 570 valence electrons. The second kappa shape index (κ2) is 70.1. The Kier molecular flexibility index (Phi) is 68.7. The summed E-state index contributed by atoms with van der Waals surface area (Å²) in [7, 11) is -9.91. The van der Waals surface area contributed by atoms with Crippen molar-refractivity contribution in [3.63, 3.8) is 0 Å². The van der Waals surface area contributed by atoms with Gasteiger partial charge in [-0.3, -0.25) is 37.3 Å². The van der Waals surface area contributed by atoms with Crippen LogP contribution in [0, 0.1) is 5.92 Å². The van der Waals surface area contributed by atoms with Crippen molar-refractivity contribution in [2.45, 2.75) is 425 Å². The zero-order valence-corrected chi connectivity index (χ0v) is 64.3. The van der Waals surface area contributed by atoms with E-state index in [1.54, 1.807) is 0 Å². The van der Waals surface area contributed by atoms with Crippen molar-refractivity contribution < 1.29 is 80.2 Å². The highest BCUT2D eigenvalue weighted by Crippen LogP contribution is 2.45. The Balaban J connectivity index is 5.23. The minimum Gasteiger partial charge on any atom is -0.462 e. The second-order valence-corrected chi connectivity index (χ2v) is 31.1. The molecule has 96 heavy (non-hydrogen) atoms. The first-order valence-electron chi connectivity index (χ1n) is 40.1. The molecule has 0 amide bonds. The molecule has 0 aliphatic heterocycles. The van der Waals surface area contributed by atoms with Crippen LogP contribution in [0.4, 0.5) is 0 Å². The van der Waals surface area contributed by atoms with Crippen molar-refractivity contribution in [1.82, 2.24) is 0 Å². The summed E-state index contributed by atoms with van der Waals surface area (Å²) in [4.78, 5) is 72.8. The maximum Gasteiger partial charge on any atom is 0.472 e. The van der Waals surface area contributed by atoms with Crippen LogP contribution in [0.2, 0.25) is 0 Å². The molecule has 3 N–H and O–H groups in total. The lowest BCUT2D eigenvalue weighted by molar-refractivity contribution is -0.161. The standard InChI is InChI=1S/C77H150O17P2/c1-6-9-12-15-18-21-23-25-27-29-31-36-41-46-51-56-61-75(80)88-67-73(94-76(81)62-57-52-47-42-37-32-30-28-26-24-22-19-16-13-10-7-2)69-92-96(85,86)90-65-71(78)64-89-95(83,84)91-68-72(66-87-74(79)60-55-50-45-39-20-17-14-11-8-3)93-77(82)63-58-53-48-43-38-34-33-35-40-44-49-54-59-70(4)5/h70-73,78H,6-69H2,1-5H3,(H,83,84)(H,85,86)/t71-,72+,73+/m0/s1. The van der Waals surface area contributed by atoms with Crippen LogP contribution < -0.4 is 0 Å². The third-order valence-electron chi connectivity index (χ3n) is 18.0. The number of esters is 4. The van der Waals surface area contributed by atoms with E-state index in [0.717, 1.165) is 95.8 Å². The van der Waals surface area contributed by atoms with Crippen molar-refractivity contribution in [1.29, 1.82) is 0 Å². The van der Waals surface area contributed by atoms with Crippen LogP contribution in [0.15, 0.2) is 0 Å². The number of hydrogen-bond donors (Lipinski definition) is 3. The van der Waals surface area contributed by atoms with Crippen molar-refractivity contribution in [3.05, 3.63) is 0 Å². The summed E-state index contributed by atoms with van der Waals surface area (Å²) in [6.07, 6.45) is 59.5. The monoisotopic (exact) mass is 1410 g/mol. The number of carbonyl (C=O) groups excluding carboxylic acids is 4. The van der Waals surface area contributed by atoms with Crippen molar-refractivity contribution in [3.8, 4) is 0 Å². The summed E-state index contributed by atoms with van der Waals surface area (Å²) < 4.78 is 68.6. The Labute approximate surface area is 588 Å². The lowest BCUT2D eigenvalue weighted by Crippen LogP contribution is -2.30. The van der Waals surface area contributed by atoms with E-state index in [-0.39, 0.29) is 25.7 Å². The molecule has 0 aromatic heterocycles. The van der Waals surface area contributed by atoms with Gasteiger partial charge in [-0.2, -0.15) is 0 Å². The maximum absolute atomic E-state index is 13.1. The quantitative estimate of drug-likeness (QED) is 0.0222. The molecular formula is C77H150O17P2. The SMILES string of the molecule is CCCCCCCCCCCCCCCCCCC(=O)OC[C@H](COP(=O)(O)OC[C@@H](O)COP(=O)(O)OC[C@@H](COC(=O)CCCCCCCCCCC)OC(=O)CCCCCCCCCCCCCCC(C)C)OC(=O)CCCCCCCCCCCCCCCCCC. The molecule has 0 fully saturated rings. The number of rotatable bonds is 77. The minimum absolute atomic E-state index is 0.107. The zero-order valence-electron chi connectivity index (χ0n) is 62.5. The van der Waals surface area contributed by atoms with Gasteiger partial charge in [0.25, 0.3) is 0 Å². The van der Waals surface area contributed by atoms with Gasteiger partial charge in [-0.05, 0) is 31.6 Å². The Hall–Kier alpha value is -1.94. The molecular weight excluding hydrogens is 1260 g/mol. The van der Waals surface area contributed by atoms with Gasteiger partial charge >= 0.3 is 39.5 Å².